The zero-order valence-electron chi connectivity index (χ0n) is 13.0. The van der Waals surface area contributed by atoms with Crippen molar-refractivity contribution in [2.75, 3.05) is 6.61 Å². The maximum Gasteiger partial charge on any atom is 0.285 e. The van der Waals surface area contributed by atoms with Crippen LogP contribution in [0.2, 0.25) is 0 Å². The van der Waals surface area contributed by atoms with Gasteiger partial charge in [-0.3, -0.25) is 14.9 Å². The Balaban J connectivity index is 2.16. The van der Waals surface area contributed by atoms with Crippen LogP contribution in [-0.2, 0) is 6.42 Å². The second-order valence-electron chi connectivity index (χ2n) is 5.41. The molecule has 0 heterocycles. The lowest BCUT2D eigenvalue weighted by atomic mass is 10.0. The third-order valence-corrected chi connectivity index (χ3v) is 3.62. The summed E-state index contributed by atoms with van der Waals surface area (Å²) in [5.41, 5.74) is 0.798. The van der Waals surface area contributed by atoms with Crippen LogP contribution in [0.15, 0.2) is 42.5 Å². The Kier molecular flexibility index (Phi) is 5.59. The van der Waals surface area contributed by atoms with Crippen molar-refractivity contribution < 1.29 is 19.2 Å². The first-order valence-corrected chi connectivity index (χ1v) is 7.32. The van der Waals surface area contributed by atoms with Crippen molar-refractivity contribution in [3.8, 4) is 0 Å². The SMILES string of the molecule is Cc1cccc(C(=O)NC(CO)Cc2ccc(F)cc2)c1[N+](=O)[O-]. The largest absolute Gasteiger partial charge is 0.394 e. The number of aryl methyl sites for hydroxylation is 1. The summed E-state index contributed by atoms with van der Waals surface area (Å²) in [4.78, 5) is 22.9. The highest BCUT2D eigenvalue weighted by atomic mass is 19.1. The van der Waals surface area contributed by atoms with Gasteiger partial charge in [0.15, 0.2) is 0 Å². The third-order valence-electron chi connectivity index (χ3n) is 3.62. The van der Waals surface area contributed by atoms with Crippen LogP contribution in [0, 0.1) is 22.9 Å². The number of para-hydroxylation sites is 1. The molecular formula is C17H17FN2O4. The minimum absolute atomic E-state index is 0.0578. The van der Waals surface area contributed by atoms with Crippen molar-refractivity contribution in [1.82, 2.24) is 5.32 Å². The number of halogens is 1. The number of carbonyl (C=O) groups excluding carboxylic acids is 1. The van der Waals surface area contributed by atoms with Gasteiger partial charge in [0.1, 0.15) is 11.4 Å². The van der Waals surface area contributed by atoms with Crippen LogP contribution in [0.25, 0.3) is 0 Å². The summed E-state index contributed by atoms with van der Waals surface area (Å²) in [7, 11) is 0. The lowest BCUT2D eigenvalue weighted by Gasteiger charge is -2.16. The molecule has 0 aliphatic carbocycles. The molecule has 2 N–H and O–H groups in total. The van der Waals surface area contributed by atoms with E-state index >= 15 is 0 Å². The molecule has 0 fully saturated rings. The van der Waals surface area contributed by atoms with Crippen molar-refractivity contribution in [3.05, 3.63) is 75.1 Å². The van der Waals surface area contributed by atoms with Crippen molar-refractivity contribution in [3.63, 3.8) is 0 Å². The number of benzene rings is 2. The lowest BCUT2D eigenvalue weighted by Crippen LogP contribution is -2.39. The topological polar surface area (TPSA) is 92.5 Å². The van der Waals surface area contributed by atoms with Gasteiger partial charge in [0.2, 0.25) is 0 Å². The molecule has 126 valence electrons. The lowest BCUT2D eigenvalue weighted by molar-refractivity contribution is -0.385. The number of nitro groups is 1. The normalized spacial score (nSPS) is 11.8. The molecule has 1 unspecified atom stereocenters. The van der Waals surface area contributed by atoms with E-state index in [2.05, 4.69) is 5.32 Å². The summed E-state index contributed by atoms with van der Waals surface area (Å²) < 4.78 is 12.9. The van der Waals surface area contributed by atoms with Gasteiger partial charge in [0, 0.05) is 5.56 Å². The summed E-state index contributed by atoms with van der Waals surface area (Å²) in [6.07, 6.45) is 0.280. The average molecular weight is 332 g/mol. The Hall–Kier alpha value is -2.80. The van der Waals surface area contributed by atoms with Gasteiger partial charge in [-0.05, 0) is 37.1 Å². The number of amides is 1. The number of aliphatic hydroxyl groups excluding tert-OH is 1. The van der Waals surface area contributed by atoms with Crippen LogP contribution >= 0.6 is 0 Å². The predicted octanol–water partition coefficient (Wildman–Crippen LogP) is 2.38. The number of hydrogen-bond donors (Lipinski definition) is 2. The minimum atomic E-state index is -0.636. The molecule has 0 spiro atoms. The first kappa shape index (κ1) is 17.6. The molecule has 24 heavy (non-hydrogen) atoms. The van der Waals surface area contributed by atoms with Crippen LogP contribution in [-0.4, -0.2) is 28.6 Å². The molecule has 0 aliphatic rings. The Bertz CT molecular complexity index is 747. The molecule has 6 nitrogen and oxygen atoms in total. The van der Waals surface area contributed by atoms with Gasteiger partial charge in [-0.2, -0.15) is 0 Å². The molecular weight excluding hydrogens is 315 g/mol. The number of aliphatic hydroxyl groups is 1. The van der Waals surface area contributed by atoms with Gasteiger partial charge in [0.25, 0.3) is 11.6 Å². The third kappa shape index (κ3) is 4.14. The predicted molar refractivity (Wildman–Crippen MR) is 86.3 cm³/mol. The van der Waals surface area contributed by atoms with Crippen LogP contribution in [0.5, 0.6) is 0 Å². The fourth-order valence-corrected chi connectivity index (χ4v) is 2.41. The Labute approximate surface area is 138 Å². The molecule has 2 aromatic carbocycles. The number of rotatable bonds is 6. The summed E-state index contributed by atoms with van der Waals surface area (Å²) in [6.45, 7) is 1.21. The van der Waals surface area contributed by atoms with E-state index in [4.69, 9.17) is 0 Å². The van der Waals surface area contributed by atoms with E-state index in [1.807, 2.05) is 0 Å². The average Bonchev–Trinajstić information content (AvgIpc) is 2.55. The molecule has 2 aromatic rings. The summed E-state index contributed by atoms with van der Waals surface area (Å²) in [6, 6.07) is 9.53. The Morgan fingerprint density at radius 2 is 1.96 bits per heavy atom. The van der Waals surface area contributed by atoms with Gasteiger partial charge in [-0.15, -0.1) is 0 Å². The fraction of sp³-hybridized carbons (Fsp3) is 0.235. The van der Waals surface area contributed by atoms with Gasteiger partial charge in [-0.25, -0.2) is 4.39 Å². The molecule has 0 aliphatic heterocycles. The van der Waals surface area contributed by atoms with Gasteiger partial charge in [-0.1, -0.05) is 24.3 Å². The maximum absolute atomic E-state index is 12.9. The molecule has 1 amide bonds. The van der Waals surface area contributed by atoms with Crippen LogP contribution in [0.1, 0.15) is 21.5 Å². The van der Waals surface area contributed by atoms with Crippen molar-refractivity contribution in [2.24, 2.45) is 0 Å². The highest BCUT2D eigenvalue weighted by molar-refractivity contribution is 5.98. The first-order valence-electron chi connectivity index (χ1n) is 7.32. The molecule has 7 heteroatoms. The number of hydrogen-bond acceptors (Lipinski definition) is 4. The van der Waals surface area contributed by atoms with Crippen LogP contribution in [0.4, 0.5) is 10.1 Å². The standard InChI is InChI=1S/C17H17FN2O4/c1-11-3-2-4-15(16(11)20(23)24)17(22)19-14(10-21)9-12-5-7-13(18)8-6-12/h2-8,14,21H,9-10H2,1H3,(H,19,22). The van der Waals surface area contributed by atoms with Gasteiger partial charge in [0.05, 0.1) is 17.6 Å². The molecule has 0 radical (unpaired) electrons. The highest BCUT2D eigenvalue weighted by Gasteiger charge is 2.24. The molecule has 0 saturated carbocycles. The molecule has 0 bridgehead atoms. The molecule has 1 atom stereocenters. The fourth-order valence-electron chi connectivity index (χ4n) is 2.41. The highest BCUT2D eigenvalue weighted by Crippen LogP contribution is 2.23. The Morgan fingerprint density at radius 1 is 1.29 bits per heavy atom. The monoisotopic (exact) mass is 332 g/mol. The van der Waals surface area contributed by atoms with Crippen LogP contribution in [0.3, 0.4) is 0 Å². The maximum atomic E-state index is 12.9. The zero-order chi connectivity index (χ0) is 17.7. The smallest absolute Gasteiger partial charge is 0.285 e. The van der Waals surface area contributed by atoms with E-state index in [-0.39, 0.29) is 30.1 Å². The van der Waals surface area contributed by atoms with E-state index in [0.717, 1.165) is 5.56 Å². The van der Waals surface area contributed by atoms with E-state index in [1.165, 1.54) is 18.2 Å². The molecule has 2 rings (SSSR count). The Morgan fingerprint density at radius 3 is 2.54 bits per heavy atom. The van der Waals surface area contributed by atoms with Crippen molar-refractivity contribution >= 4 is 11.6 Å². The summed E-state index contributed by atoms with van der Waals surface area (Å²) >= 11 is 0. The van der Waals surface area contributed by atoms with Gasteiger partial charge < -0.3 is 10.4 Å². The minimum Gasteiger partial charge on any atom is -0.394 e. The van der Waals surface area contributed by atoms with E-state index in [1.54, 1.807) is 31.2 Å². The van der Waals surface area contributed by atoms with E-state index < -0.39 is 16.9 Å². The number of nitrogens with one attached hydrogen (secondary N) is 1. The quantitative estimate of drug-likeness (QED) is 0.627. The molecule has 0 saturated heterocycles. The summed E-state index contributed by atoms with van der Waals surface area (Å²) in [5.74, 6) is -1.01. The first-order chi connectivity index (χ1) is 11.4. The van der Waals surface area contributed by atoms with Gasteiger partial charge >= 0.3 is 0 Å². The molecule has 0 aromatic heterocycles. The second kappa shape index (κ2) is 7.65. The second-order valence-corrected chi connectivity index (χ2v) is 5.41. The van der Waals surface area contributed by atoms with E-state index in [0.29, 0.717) is 5.56 Å². The van der Waals surface area contributed by atoms with E-state index in [9.17, 15) is 24.4 Å². The zero-order valence-corrected chi connectivity index (χ0v) is 13.0. The number of carbonyl (C=O) groups is 1. The summed E-state index contributed by atoms with van der Waals surface area (Å²) in [5, 5.41) is 23.2. The van der Waals surface area contributed by atoms with Crippen molar-refractivity contribution in [1.29, 1.82) is 0 Å². The van der Waals surface area contributed by atoms with Crippen LogP contribution < -0.4 is 5.32 Å². The number of nitrogens with zero attached hydrogens (tertiary/aromatic N) is 1. The van der Waals surface area contributed by atoms with Crippen molar-refractivity contribution in [2.45, 2.75) is 19.4 Å². The number of nitro benzene ring substituents is 1.